The van der Waals surface area contributed by atoms with Gasteiger partial charge in [0.25, 0.3) is 0 Å². The van der Waals surface area contributed by atoms with E-state index in [9.17, 15) is 24.7 Å². The topological polar surface area (TPSA) is 119 Å². The first-order chi connectivity index (χ1) is 14.1. The van der Waals surface area contributed by atoms with Crippen molar-refractivity contribution in [2.45, 2.75) is 40.5 Å². The summed E-state index contributed by atoms with van der Waals surface area (Å²) in [5.74, 6) is -2.82. The van der Waals surface area contributed by atoms with E-state index in [0.29, 0.717) is 6.42 Å². The van der Waals surface area contributed by atoms with E-state index in [0.717, 1.165) is 10.6 Å². The Balaban J connectivity index is 3.07. The van der Waals surface area contributed by atoms with Crippen molar-refractivity contribution in [1.82, 2.24) is 15.9 Å². The minimum absolute atomic E-state index is 0.00953. The van der Waals surface area contributed by atoms with Crippen LogP contribution in [0.2, 0.25) is 0 Å². The molecule has 8 nitrogen and oxygen atoms in total. The maximum atomic E-state index is 13.0. The van der Waals surface area contributed by atoms with E-state index in [1.54, 1.807) is 11.6 Å². The first-order valence-corrected chi connectivity index (χ1v) is 10.1. The predicted octanol–water partition coefficient (Wildman–Crippen LogP) is 3.54. The number of rotatable bonds is 10. The van der Waals surface area contributed by atoms with Crippen molar-refractivity contribution in [3.05, 3.63) is 42.0 Å². The number of nitrogens with zero attached hydrogens (tertiary/aromatic N) is 1. The Bertz CT molecular complexity index is 719. The normalized spacial score (nSPS) is 13.3. The second-order valence-corrected chi connectivity index (χ2v) is 8.13. The van der Waals surface area contributed by atoms with Crippen molar-refractivity contribution in [2.24, 2.45) is 23.7 Å². The zero-order valence-electron chi connectivity index (χ0n) is 18.0. The highest BCUT2D eigenvalue weighted by molar-refractivity contribution is 5.88. The molecule has 3 amide bonds. The second kappa shape index (κ2) is 12.6. The number of hydrogen-bond donors (Lipinski definition) is 4. The molecule has 0 unspecified atom stereocenters. The SMILES string of the molecule is CC(C)C[C@@H](C(=O)NN(CC(C)C)C(=O)O)[C@H](C/C=C/c1ccccc1)C(=O)NO. The summed E-state index contributed by atoms with van der Waals surface area (Å²) in [4.78, 5) is 36.8. The Labute approximate surface area is 177 Å². The molecule has 1 rings (SSSR count). The molecule has 1 aromatic carbocycles. The molecule has 0 aromatic heterocycles. The Morgan fingerprint density at radius 3 is 2.13 bits per heavy atom. The molecule has 8 heteroatoms. The lowest BCUT2D eigenvalue weighted by Crippen LogP contribution is -2.51. The average molecular weight is 420 g/mol. The third-order valence-electron chi connectivity index (χ3n) is 4.52. The Kier molecular flexibility index (Phi) is 10.6. The van der Waals surface area contributed by atoms with E-state index in [2.05, 4.69) is 5.43 Å². The summed E-state index contributed by atoms with van der Waals surface area (Å²) in [6.45, 7) is 7.63. The van der Waals surface area contributed by atoms with Crippen LogP contribution in [0, 0.1) is 23.7 Å². The number of carboxylic acid groups (broad SMARTS) is 1. The van der Waals surface area contributed by atoms with Gasteiger partial charge >= 0.3 is 6.09 Å². The van der Waals surface area contributed by atoms with E-state index >= 15 is 0 Å². The number of hydrogen-bond acceptors (Lipinski definition) is 4. The number of amides is 3. The van der Waals surface area contributed by atoms with Crippen molar-refractivity contribution in [3.8, 4) is 0 Å². The molecule has 166 valence electrons. The highest BCUT2D eigenvalue weighted by atomic mass is 16.5. The van der Waals surface area contributed by atoms with Gasteiger partial charge in [-0.2, -0.15) is 0 Å². The highest BCUT2D eigenvalue weighted by Crippen LogP contribution is 2.25. The monoisotopic (exact) mass is 419 g/mol. The molecule has 0 aliphatic carbocycles. The van der Waals surface area contributed by atoms with Gasteiger partial charge in [-0.25, -0.2) is 15.3 Å². The minimum atomic E-state index is -1.27. The predicted molar refractivity (Wildman–Crippen MR) is 114 cm³/mol. The maximum absolute atomic E-state index is 13.0. The van der Waals surface area contributed by atoms with Gasteiger partial charge in [-0.3, -0.25) is 20.2 Å². The van der Waals surface area contributed by atoms with Crippen LogP contribution in [0.5, 0.6) is 0 Å². The molecule has 2 atom stereocenters. The van der Waals surface area contributed by atoms with E-state index in [-0.39, 0.29) is 24.8 Å². The van der Waals surface area contributed by atoms with Crippen LogP contribution in [0.4, 0.5) is 4.79 Å². The van der Waals surface area contributed by atoms with Crippen LogP contribution in [-0.2, 0) is 9.59 Å². The van der Waals surface area contributed by atoms with Crippen molar-refractivity contribution in [2.75, 3.05) is 6.54 Å². The zero-order valence-corrected chi connectivity index (χ0v) is 18.0. The first-order valence-electron chi connectivity index (χ1n) is 10.1. The summed E-state index contributed by atoms with van der Waals surface area (Å²) in [7, 11) is 0. The summed E-state index contributed by atoms with van der Waals surface area (Å²) in [6, 6.07) is 9.50. The molecule has 0 fully saturated rings. The number of hydrazine groups is 1. The lowest BCUT2D eigenvalue weighted by Gasteiger charge is -2.29. The molecule has 0 spiro atoms. The van der Waals surface area contributed by atoms with Crippen molar-refractivity contribution < 1.29 is 24.7 Å². The van der Waals surface area contributed by atoms with Crippen molar-refractivity contribution in [1.29, 1.82) is 0 Å². The van der Waals surface area contributed by atoms with Crippen LogP contribution in [0.15, 0.2) is 36.4 Å². The molecule has 0 aliphatic heterocycles. The summed E-state index contributed by atoms with van der Waals surface area (Å²) >= 11 is 0. The van der Waals surface area contributed by atoms with Gasteiger partial charge in [0, 0.05) is 6.54 Å². The largest absolute Gasteiger partial charge is 0.464 e. The summed E-state index contributed by atoms with van der Waals surface area (Å²) in [6.07, 6.45) is 2.91. The molecule has 0 aliphatic rings. The lowest BCUT2D eigenvalue weighted by molar-refractivity contribution is -0.142. The summed E-state index contributed by atoms with van der Waals surface area (Å²) in [5.41, 5.74) is 5.02. The molecular formula is C22H33N3O5. The summed E-state index contributed by atoms with van der Waals surface area (Å²) in [5, 5.41) is 19.4. The van der Waals surface area contributed by atoms with Gasteiger partial charge in [0.2, 0.25) is 11.8 Å². The quantitative estimate of drug-likeness (QED) is 0.342. The number of nitrogens with one attached hydrogen (secondary N) is 2. The number of hydroxylamine groups is 1. The number of carbonyl (C=O) groups is 3. The first kappa shape index (κ1) is 25.2. The third kappa shape index (κ3) is 8.65. The third-order valence-corrected chi connectivity index (χ3v) is 4.52. The molecule has 1 aromatic rings. The molecule has 4 N–H and O–H groups in total. The van der Waals surface area contributed by atoms with Gasteiger partial charge in [0.05, 0.1) is 11.8 Å². The van der Waals surface area contributed by atoms with E-state index in [1.807, 2.05) is 64.1 Å². The lowest BCUT2D eigenvalue weighted by atomic mass is 9.82. The fourth-order valence-electron chi connectivity index (χ4n) is 3.17. The van der Waals surface area contributed by atoms with Gasteiger partial charge in [-0.15, -0.1) is 0 Å². The highest BCUT2D eigenvalue weighted by Gasteiger charge is 2.34. The molecule has 30 heavy (non-hydrogen) atoms. The summed E-state index contributed by atoms with van der Waals surface area (Å²) < 4.78 is 0. The van der Waals surface area contributed by atoms with Gasteiger partial charge < -0.3 is 5.11 Å². The molecule has 0 radical (unpaired) electrons. The maximum Gasteiger partial charge on any atom is 0.426 e. The van der Waals surface area contributed by atoms with Crippen LogP contribution in [0.3, 0.4) is 0 Å². The number of allylic oxidation sites excluding steroid dienone is 1. The van der Waals surface area contributed by atoms with E-state index in [4.69, 9.17) is 0 Å². The van der Waals surface area contributed by atoms with Gasteiger partial charge in [0.1, 0.15) is 0 Å². The van der Waals surface area contributed by atoms with Crippen LogP contribution in [-0.4, -0.2) is 39.8 Å². The van der Waals surface area contributed by atoms with Gasteiger partial charge in [0.15, 0.2) is 0 Å². The van der Waals surface area contributed by atoms with Crippen LogP contribution in [0.1, 0.15) is 46.1 Å². The van der Waals surface area contributed by atoms with Crippen LogP contribution < -0.4 is 10.9 Å². The second-order valence-electron chi connectivity index (χ2n) is 8.13. The Hall–Kier alpha value is -2.87. The standard InChI is InChI=1S/C22H33N3O5/c1-15(2)13-19(20(26)23-25(22(28)29)14-16(3)4)18(21(27)24-30)12-8-11-17-9-6-5-7-10-17/h5-11,15-16,18-19,30H,12-14H2,1-4H3,(H,23,26)(H,24,27)(H,28,29)/b11-8+/t18-,19+/m0/s1. The molecule has 0 bridgehead atoms. The fraction of sp³-hybridized carbons (Fsp3) is 0.500. The smallest absolute Gasteiger partial charge is 0.426 e. The van der Waals surface area contributed by atoms with Crippen molar-refractivity contribution >= 4 is 24.0 Å². The molecule has 0 saturated carbocycles. The molecular weight excluding hydrogens is 386 g/mol. The minimum Gasteiger partial charge on any atom is -0.464 e. The Morgan fingerprint density at radius 1 is 1.00 bits per heavy atom. The van der Waals surface area contributed by atoms with Gasteiger partial charge in [-0.1, -0.05) is 70.2 Å². The van der Waals surface area contributed by atoms with E-state index < -0.39 is 29.7 Å². The average Bonchev–Trinajstić information content (AvgIpc) is 2.68. The molecule has 0 saturated heterocycles. The van der Waals surface area contributed by atoms with Crippen LogP contribution >= 0.6 is 0 Å². The fourth-order valence-corrected chi connectivity index (χ4v) is 3.17. The molecule has 0 heterocycles. The van der Waals surface area contributed by atoms with Crippen LogP contribution in [0.25, 0.3) is 6.08 Å². The Morgan fingerprint density at radius 2 is 1.63 bits per heavy atom. The van der Waals surface area contributed by atoms with Gasteiger partial charge in [-0.05, 0) is 30.2 Å². The zero-order chi connectivity index (χ0) is 22.7. The van der Waals surface area contributed by atoms with E-state index in [1.165, 1.54) is 0 Å². The number of benzene rings is 1. The van der Waals surface area contributed by atoms with Crippen molar-refractivity contribution in [3.63, 3.8) is 0 Å². The number of carbonyl (C=O) groups excluding carboxylic acids is 2.